The minimum absolute atomic E-state index is 0.0525. The van der Waals surface area contributed by atoms with Crippen molar-refractivity contribution in [2.24, 2.45) is 11.3 Å². The summed E-state index contributed by atoms with van der Waals surface area (Å²) in [6.07, 6.45) is 2.36. The number of nitrogens with one attached hydrogen (secondary N) is 1. The molecule has 2 aromatic rings. The highest BCUT2D eigenvalue weighted by Crippen LogP contribution is 2.37. The van der Waals surface area contributed by atoms with Gasteiger partial charge in [-0.05, 0) is 31.1 Å². The van der Waals surface area contributed by atoms with Gasteiger partial charge in [0.15, 0.2) is 0 Å². The van der Waals surface area contributed by atoms with Gasteiger partial charge in [0.25, 0.3) is 0 Å². The molecule has 0 fully saturated rings. The lowest BCUT2D eigenvalue weighted by Crippen LogP contribution is -2.42. The molecule has 0 aliphatic carbocycles. The Kier molecular flexibility index (Phi) is 9.11. The summed E-state index contributed by atoms with van der Waals surface area (Å²) in [5, 5.41) is 8.58. The maximum absolute atomic E-state index is 11.1. The molecular formula is C23H35N3O5Si2. The lowest BCUT2D eigenvalue weighted by molar-refractivity contribution is -0.119. The number of carbonyl (C=O) groups excluding carboxylic acids is 1. The maximum Gasteiger partial charge on any atom is 0.229 e. The monoisotopic (exact) mass is 489 g/mol. The zero-order valence-corrected chi connectivity index (χ0v) is 22.4. The first-order valence-electron chi connectivity index (χ1n) is 11.4. The number of ether oxygens (including phenoxy) is 2. The molecule has 1 aliphatic rings. The van der Waals surface area contributed by atoms with E-state index in [-0.39, 0.29) is 29.6 Å². The Balaban J connectivity index is 1.78. The molecule has 1 aromatic heterocycles. The van der Waals surface area contributed by atoms with Gasteiger partial charge in [0, 0.05) is 42.8 Å². The first-order valence-corrected chi connectivity index (χ1v) is 14.2. The quantitative estimate of drug-likeness (QED) is 0.280. The second-order valence-corrected chi connectivity index (χ2v) is 10.3. The molecule has 2 atom stereocenters. The van der Waals surface area contributed by atoms with Crippen LogP contribution in [0.15, 0.2) is 18.3 Å². The van der Waals surface area contributed by atoms with Crippen LogP contribution in [0.2, 0.25) is 13.1 Å². The van der Waals surface area contributed by atoms with Crippen LogP contribution < -0.4 is 10.1 Å². The second-order valence-electron chi connectivity index (χ2n) is 9.00. The smallest absolute Gasteiger partial charge is 0.229 e. The average molecular weight is 490 g/mol. The Morgan fingerprint density at radius 3 is 2.73 bits per heavy atom. The predicted molar refractivity (Wildman–Crippen MR) is 129 cm³/mol. The molecule has 0 spiro atoms. The van der Waals surface area contributed by atoms with Gasteiger partial charge >= 0.3 is 0 Å². The maximum atomic E-state index is 11.1. The van der Waals surface area contributed by atoms with Gasteiger partial charge in [0.05, 0.1) is 24.4 Å². The molecule has 2 heterocycles. The number of hydrogen-bond donors (Lipinski definition) is 1. The second kappa shape index (κ2) is 11.6. The third-order valence-corrected chi connectivity index (χ3v) is 7.23. The average Bonchev–Trinajstić information content (AvgIpc) is 3.19. The first kappa shape index (κ1) is 25.9. The summed E-state index contributed by atoms with van der Waals surface area (Å²) in [7, 11) is 0.750. The van der Waals surface area contributed by atoms with Gasteiger partial charge in [-0.15, -0.1) is 0 Å². The van der Waals surface area contributed by atoms with E-state index in [9.17, 15) is 4.79 Å². The van der Waals surface area contributed by atoms with Gasteiger partial charge in [-0.2, -0.15) is 5.10 Å². The van der Waals surface area contributed by atoms with Crippen molar-refractivity contribution in [3.63, 3.8) is 0 Å². The summed E-state index contributed by atoms with van der Waals surface area (Å²) >= 11 is 0. The highest BCUT2D eigenvalue weighted by atomic mass is 28.2. The van der Waals surface area contributed by atoms with Crippen LogP contribution in [0.1, 0.15) is 33.3 Å². The highest BCUT2D eigenvalue weighted by molar-refractivity contribution is 6.26. The predicted octanol–water partition coefficient (Wildman–Crippen LogP) is 2.85. The van der Waals surface area contributed by atoms with E-state index in [1.165, 1.54) is 6.92 Å². The summed E-state index contributed by atoms with van der Waals surface area (Å²) < 4.78 is 26.0. The van der Waals surface area contributed by atoms with Gasteiger partial charge in [-0.25, -0.2) is 0 Å². The van der Waals surface area contributed by atoms with Gasteiger partial charge in [0.2, 0.25) is 25.4 Å². The van der Waals surface area contributed by atoms with Crippen molar-refractivity contribution < 1.29 is 23.1 Å². The fraction of sp³-hybridized carbons (Fsp3) is 0.652. The molecule has 0 saturated heterocycles. The first-order chi connectivity index (χ1) is 15.8. The molecule has 1 N–H and O–H groups in total. The normalized spacial score (nSPS) is 17.1. The lowest BCUT2D eigenvalue weighted by atomic mass is 9.79. The van der Waals surface area contributed by atoms with Crippen LogP contribution in [0, 0.1) is 11.3 Å². The molecule has 180 valence electrons. The van der Waals surface area contributed by atoms with Crippen LogP contribution in [-0.2, 0) is 31.3 Å². The highest BCUT2D eigenvalue weighted by Gasteiger charge is 2.37. The van der Waals surface area contributed by atoms with Crippen molar-refractivity contribution >= 4 is 36.3 Å². The van der Waals surface area contributed by atoms with Crippen molar-refractivity contribution in [1.29, 1.82) is 0 Å². The number of rotatable bonds is 12. The molecule has 1 amide bonds. The topological polar surface area (TPSA) is 83.8 Å². The zero-order valence-electron chi connectivity index (χ0n) is 20.4. The SMILES string of the molecule is C[Si]OC(O[Si]C)C(C)(C)[C@@H](C)Cn1ncc2ccc3c(c21)C[C@@H](OCCNC(C)=O)CO3. The van der Waals surface area contributed by atoms with Crippen molar-refractivity contribution in [3.05, 3.63) is 23.9 Å². The van der Waals surface area contributed by atoms with Gasteiger partial charge in [0.1, 0.15) is 18.6 Å². The molecule has 3 rings (SSSR count). The molecular weight excluding hydrogens is 454 g/mol. The van der Waals surface area contributed by atoms with E-state index < -0.39 is 0 Å². The fourth-order valence-electron chi connectivity index (χ4n) is 4.00. The zero-order chi connectivity index (χ0) is 24.0. The van der Waals surface area contributed by atoms with Crippen molar-refractivity contribution in [1.82, 2.24) is 15.1 Å². The summed E-state index contributed by atoms with van der Waals surface area (Å²) in [5.74, 6) is 1.09. The molecule has 0 unspecified atom stereocenters. The Morgan fingerprint density at radius 2 is 2.06 bits per heavy atom. The van der Waals surface area contributed by atoms with Crippen LogP contribution in [0.3, 0.4) is 0 Å². The van der Waals surface area contributed by atoms with Crippen molar-refractivity contribution in [2.75, 3.05) is 19.8 Å². The van der Waals surface area contributed by atoms with Crippen LogP contribution in [0.4, 0.5) is 0 Å². The molecule has 0 saturated carbocycles. The third kappa shape index (κ3) is 6.24. The molecule has 8 nitrogen and oxygen atoms in total. The van der Waals surface area contributed by atoms with E-state index in [1.54, 1.807) is 0 Å². The van der Waals surface area contributed by atoms with E-state index in [2.05, 4.69) is 36.8 Å². The summed E-state index contributed by atoms with van der Waals surface area (Å²) in [6.45, 7) is 14.4. The van der Waals surface area contributed by atoms with Crippen LogP contribution in [0.5, 0.6) is 5.75 Å². The number of nitrogens with zero attached hydrogens (tertiary/aromatic N) is 2. The van der Waals surface area contributed by atoms with E-state index in [1.807, 2.05) is 25.4 Å². The number of hydrogen-bond acceptors (Lipinski definition) is 6. The van der Waals surface area contributed by atoms with Gasteiger partial charge in [-0.1, -0.05) is 20.8 Å². The Labute approximate surface area is 201 Å². The number of carbonyl (C=O) groups is 1. The van der Waals surface area contributed by atoms with Gasteiger partial charge in [-0.3, -0.25) is 9.48 Å². The summed E-state index contributed by atoms with van der Waals surface area (Å²) in [6, 6.07) is 4.09. The molecule has 0 bridgehead atoms. The number of amides is 1. The minimum Gasteiger partial charge on any atom is -0.491 e. The van der Waals surface area contributed by atoms with Crippen molar-refractivity contribution in [2.45, 2.75) is 66.1 Å². The summed E-state index contributed by atoms with van der Waals surface area (Å²) in [4.78, 5) is 11.1. The van der Waals surface area contributed by atoms with Crippen molar-refractivity contribution in [3.8, 4) is 5.75 Å². The lowest BCUT2D eigenvalue weighted by Gasteiger charge is -2.39. The largest absolute Gasteiger partial charge is 0.491 e. The number of benzene rings is 1. The Bertz CT molecular complexity index is 930. The minimum atomic E-state index is -0.250. The van der Waals surface area contributed by atoms with Crippen LogP contribution in [-0.4, -0.2) is 67.4 Å². The third-order valence-electron chi connectivity index (χ3n) is 6.33. The molecule has 4 radical (unpaired) electrons. The Hall–Kier alpha value is -1.73. The Morgan fingerprint density at radius 1 is 1.33 bits per heavy atom. The number of fused-ring (bicyclic) bond motifs is 3. The molecule has 1 aliphatic heterocycles. The van der Waals surface area contributed by atoms with E-state index in [0.717, 1.165) is 35.2 Å². The van der Waals surface area contributed by atoms with E-state index in [0.29, 0.717) is 39.3 Å². The summed E-state index contributed by atoms with van der Waals surface area (Å²) in [5.41, 5.74) is 2.03. The number of aromatic nitrogens is 2. The van der Waals surface area contributed by atoms with E-state index in [4.69, 9.17) is 23.4 Å². The van der Waals surface area contributed by atoms with Gasteiger partial charge < -0.3 is 23.6 Å². The molecule has 1 aromatic carbocycles. The standard InChI is InChI=1S/C23H35N3O5Si2/c1-15(23(3,4)22(30-32-5)31-33-6)13-26-21-17(12-25-26)7-8-20-19(21)11-18(14-29-20)28-10-9-24-16(2)27/h7-8,12,15,18,22H,9-11,13-14H2,1-6H3,(H,24,27)/t15-,18+/m0/s1. The van der Waals surface area contributed by atoms with Crippen LogP contribution >= 0.6 is 0 Å². The van der Waals surface area contributed by atoms with Crippen LogP contribution in [0.25, 0.3) is 10.9 Å². The molecule has 33 heavy (non-hydrogen) atoms. The van der Waals surface area contributed by atoms with E-state index >= 15 is 0 Å². The fourth-order valence-corrected chi connectivity index (χ4v) is 5.23. The molecule has 10 heteroatoms.